The fourth-order valence-corrected chi connectivity index (χ4v) is 2.85. The molecule has 4 nitrogen and oxygen atoms in total. The number of ether oxygens (including phenoxy) is 1. The zero-order chi connectivity index (χ0) is 13.6. The van der Waals surface area contributed by atoms with Gasteiger partial charge >= 0.3 is 5.97 Å². The van der Waals surface area contributed by atoms with E-state index < -0.39 is 0 Å². The molecule has 0 aromatic heterocycles. The van der Waals surface area contributed by atoms with Crippen LogP contribution in [-0.4, -0.2) is 44.2 Å². The Balaban J connectivity index is 2.60. The van der Waals surface area contributed by atoms with Gasteiger partial charge < -0.3 is 15.4 Å². The fourth-order valence-electron chi connectivity index (χ4n) is 2.85. The molecule has 0 aliphatic carbocycles. The zero-order valence-electron chi connectivity index (χ0n) is 12.1. The molecule has 0 amide bonds. The summed E-state index contributed by atoms with van der Waals surface area (Å²) in [5, 5.41) is 0. The molecule has 0 radical (unpaired) electrons. The molecule has 2 N–H and O–H groups in total. The second-order valence-corrected chi connectivity index (χ2v) is 5.43. The van der Waals surface area contributed by atoms with E-state index in [2.05, 4.69) is 18.7 Å². The van der Waals surface area contributed by atoms with Crippen molar-refractivity contribution in [2.75, 3.05) is 33.3 Å². The quantitative estimate of drug-likeness (QED) is 0.734. The van der Waals surface area contributed by atoms with Gasteiger partial charge in [0.05, 0.1) is 12.5 Å². The number of carbonyl (C=O) groups is 1. The molecule has 1 fully saturated rings. The molecule has 106 valence electrons. The fraction of sp³-hybridized carbons (Fsp3) is 0.929. The summed E-state index contributed by atoms with van der Waals surface area (Å²) in [6.45, 7) is 7.88. The maximum Gasteiger partial charge on any atom is 0.313 e. The van der Waals surface area contributed by atoms with Crippen molar-refractivity contribution >= 4 is 5.97 Å². The number of piperidine rings is 1. The predicted molar refractivity (Wildman–Crippen MR) is 73.2 cm³/mol. The Hall–Kier alpha value is -0.610. The topological polar surface area (TPSA) is 55.6 Å². The standard InChI is InChI=1S/C14H28N2O2/c1-4-14(5-2,13(17)18-3)11-16-8-6-12(10-15)7-9-16/h12H,4-11,15H2,1-3H3. The summed E-state index contributed by atoms with van der Waals surface area (Å²) in [5.74, 6) is 0.602. The van der Waals surface area contributed by atoms with Crippen molar-refractivity contribution in [3.05, 3.63) is 0 Å². The van der Waals surface area contributed by atoms with Crippen molar-refractivity contribution in [3.8, 4) is 0 Å². The number of nitrogens with two attached hydrogens (primary N) is 1. The number of esters is 1. The first-order valence-electron chi connectivity index (χ1n) is 7.12. The molecular formula is C14H28N2O2. The van der Waals surface area contributed by atoms with Crippen LogP contribution >= 0.6 is 0 Å². The van der Waals surface area contributed by atoms with Gasteiger partial charge in [0.1, 0.15) is 0 Å². The molecule has 1 rings (SSSR count). The average molecular weight is 256 g/mol. The van der Waals surface area contributed by atoms with Gasteiger partial charge in [-0.15, -0.1) is 0 Å². The number of carbonyl (C=O) groups excluding carboxylic acids is 1. The van der Waals surface area contributed by atoms with E-state index in [0.717, 1.165) is 51.9 Å². The predicted octanol–water partition coefficient (Wildman–Crippen LogP) is 1.64. The Kier molecular flexibility index (Phi) is 6.09. The third kappa shape index (κ3) is 3.45. The van der Waals surface area contributed by atoms with Gasteiger partial charge in [-0.25, -0.2) is 0 Å². The molecule has 1 heterocycles. The number of methoxy groups -OCH3 is 1. The van der Waals surface area contributed by atoms with E-state index in [0.29, 0.717) is 5.92 Å². The lowest BCUT2D eigenvalue weighted by Gasteiger charge is -2.38. The van der Waals surface area contributed by atoms with Gasteiger partial charge in [0, 0.05) is 6.54 Å². The highest BCUT2D eigenvalue weighted by atomic mass is 16.5. The van der Waals surface area contributed by atoms with Crippen LogP contribution in [0.3, 0.4) is 0 Å². The van der Waals surface area contributed by atoms with Crippen LogP contribution in [0.15, 0.2) is 0 Å². The van der Waals surface area contributed by atoms with Crippen LogP contribution in [0.4, 0.5) is 0 Å². The summed E-state index contributed by atoms with van der Waals surface area (Å²) in [7, 11) is 1.49. The first-order chi connectivity index (χ1) is 8.61. The third-order valence-electron chi connectivity index (χ3n) is 4.54. The Labute approximate surface area is 111 Å². The Bertz CT molecular complexity index is 257. The summed E-state index contributed by atoms with van der Waals surface area (Å²) in [4.78, 5) is 14.4. The van der Waals surface area contributed by atoms with Gasteiger partial charge in [0.25, 0.3) is 0 Å². The molecule has 1 saturated heterocycles. The number of rotatable bonds is 6. The lowest BCUT2D eigenvalue weighted by atomic mass is 9.81. The highest BCUT2D eigenvalue weighted by molar-refractivity contribution is 5.76. The van der Waals surface area contributed by atoms with E-state index in [4.69, 9.17) is 10.5 Å². The molecule has 0 aromatic rings. The van der Waals surface area contributed by atoms with Crippen molar-refractivity contribution in [2.24, 2.45) is 17.1 Å². The Morgan fingerprint density at radius 3 is 2.28 bits per heavy atom. The van der Waals surface area contributed by atoms with Crippen LogP contribution in [0.5, 0.6) is 0 Å². The van der Waals surface area contributed by atoms with Crippen LogP contribution in [0, 0.1) is 11.3 Å². The molecule has 18 heavy (non-hydrogen) atoms. The normalized spacial score (nSPS) is 18.9. The summed E-state index contributed by atoms with van der Waals surface area (Å²) in [6.07, 6.45) is 3.99. The van der Waals surface area contributed by atoms with Gasteiger partial charge in [-0.3, -0.25) is 4.79 Å². The zero-order valence-corrected chi connectivity index (χ0v) is 12.1. The number of hydrogen-bond donors (Lipinski definition) is 1. The first kappa shape index (κ1) is 15.4. The van der Waals surface area contributed by atoms with Gasteiger partial charge in [-0.05, 0) is 51.2 Å². The summed E-state index contributed by atoms with van der Waals surface area (Å²) in [6, 6.07) is 0. The smallest absolute Gasteiger partial charge is 0.313 e. The molecule has 0 aromatic carbocycles. The molecule has 1 aliphatic heterocycles. The maximum absolute atomic E-state index is 12.0. The second-order valence-electron chi connectivity index (χ2n) is 5.43. The van der Waals surface area contributed by atoms with E-state index in [1.54, 1.807) is 0 Å². The lowest BCUT2D eigenvalue weighted by molar-refractivity contribution is -0.155. The molecule has 0 unspecified atom stereocenters. The van der Waals surface area contributed by atoms with Gasteiger partial charge in [0.2, 0.25) is 0 Å². The van der Waals surface area contributed by atoms with Crippen molar-refractivity contribution in [1.29, 1.82) is 0 Å². The van der Waals surface area contributed by atoms with Crippen LogP contribution in [0.25, 0.3) is 0 Å². The largest absolute Gasteiger partial charge is 0.469 e. The van der Waals surface area contributed by atoms with Crippen LogP contribution in [0.1, 0.15) is 39.5 Å². The lowest BCUT2D eigenvalue weighted by Crippen LogP contribution is -2.46. The van der Waals surface area contributed by atoms with Gasteiger partial charge in [0.15, 0.2) is 0 Å². The first-order valence-corrected chi connectivity index (χ1v) is 7.12. The van der Waals surface area contributed by atoms with Gasteiger partial charge in [-0.1, -0.05) is 13.8 Å². The minimum absolute atomic E-state index is 0.0616. The van der Waals surface area contributed by atoms with Crippen molar-refractivity contribution < 1.29 is 9.53 Å². The molecule has 1 aliphatic rings. The monoisotopic (exact) mass is 256 g/mol. The van der Waals surface area contributed by atoms with Crippen LogP contribution < -0.4 is 5.73 Å². The molecule has 0 spiro atoms. The highest BCUT2D eigenvalue weighted by Crippen LogP contribution is 2.30. The molecular weight excluding hydrogens is 228 g/mol. The molecule has 4 heteroatoms. The second kappa shape index (κ2) is 7.10. The van der Waals surface area contributed by atoms with E-state index >= 15 is 0 Å². The minimum atomic E-state index is -0.329. The van der Waals surface area contributed by atoms with Crippen molar-refractivity contribution in [3.63, 3.8) is 0 Å². The van der Waals surface area contributed by atoms with E-state index in [1.807, 2.05) is 0 Å². The molecule has 0 saturated carbocycles. The third-order valence-corrected chi connectivity index (χ3v) is 4.54. The van der Waals surface area contributed by atoms with Crippen molar-refractivity contribution in [1.82, 2.24) is 4.90 Å². The van der Waals surface area contributed by atoms with E-state index in [-0.39, 0.29) is 11.4 Å². The molecule has 0 bridgehead atoms. The summed E-state index contributed by atoms with van der Waals surface area (Å²) in [5.41, 5.74) is 5.38. The van der Waals surface area contributed by atoms with Crippen LogP contribution in [0.2, 0.25) is 0 Å². The van der Waals surface area contributed by atoms with Gasteiger partial charge in [-0.2, -0.15) is 0 Å². The Morgan fingerprint density at radius 2 is 1.89 bits per heavy atom. The molecule has 0 atom stereocenters. The minimum Gasteiger partial charge on any atom is -0.469 e. The van der Waals surface area contributed by atoms with Crippen LogP contribution in [-0.2, 0) is 9.53 Å². The number of likely N-dealkylation sites (tertiary alicyclic amines) is 1. The van der Waals surface area contributed by atoms with E-state index in [9.17, 15) is 4.79 Å². The average Bonchev–Trinajstić information content (AvgIpc) is 2.44. The number of hydrogen-bond acceptors (Lipinski definition) is 4. The maximum atomic E-state index is 12.0. The summed E-state index contributed by atoms with van der Waals surface area (Å²) < 4.78 is 5.00. The SMILES string of the molecule is CCC(CC)(CN1CCC(CN)CC1)C(=O)OC. The Morgan fingerprint density at radius 1 is 1.33 bits per heavy atom. The van der Waals surface area contributed by atoms with E-state index in [1.165, 1.54) is 7.11 Å². The van der Waals surface area contributed by atoms with Crippen molar-refractivity contribution in [2.45, 2.75) is 39.5 Å². The number of nitrogens with zero attached hydrogens (tertiary/aromatic N) is 1. The summed E-state index contributed by atoms with van der Waals surface area (Å²) >= 11 is 0. The highest BCUT2D eigenvalue weighted by Gasteiger charge is 2.38.